The Kier molecular flexibility index (Phi) is 3.05. The molecule has 4 atom stereocenters. The number of fused-ring (bicyclic) bond motifs is 2. The summed E-state index contributed by atoms with van der Waals surface area (Å²) < 4.78 is 33.3. The van der Waals surface area contributed by atoms with Crippen molar-refractivity contribution in [2.75, 3.05) is 4.72 Å². The van der Waals surface area contributed by atoms with Gasteiger partial charge in [0.15, 0.2) is 0 Å². The molecule has 0 heterocycles. The predicted molar refractivity (Wildman–Crippen MR) is 100.0 cm³/mol. The van der Waals surface area contributed by atoms with Crippen LogP contribution >= 0.6 is 0 Å². The van der Waals surface area contributed by atoms with Crippen molar-refractivity contribution in [2.45, 2.75) is 58.5 Å². The Morgan fingerprint density at radius 2 is 1.96 bits per heavy atom. The van der Waals surface area contributed by atoms with E-state index in [2.05, 4.69) is 18.6 Å². The maximum atomic E-state index is 11.1. The maximum absolute atomic E-state index is 11.1. The molecular weight excluding hydrogens is 350 g/mol. The minimum Gasteiger partial charge on any atom is -0.393 e. The number of anilines is 1. The molecule has 6 heteroatoms. The van der Waals surface area contributed by atoms with E-state index in [9.17, 15) is 13.5 Å². The molecule has 2 saturated carbocycles. The third-order valence-electron chi connectivity index (χ3n) is 8.01. The van der Waals surface area contributed by atoms with E-state index < -0.39 is 10.3 Å². The number of hydrogen-bond donors (Lipinski definition) is 3. The van der Waals surface area contributed by atoms with E-state index >= 15 is 0 Å². The number of aliphatic hydroxyl groups excluding tert-OH is 1. The first-order valence-corrected chi connectivity index (χ1v) is 10.8. The Morgan fingerprint density at radius 3 is 2.69 bits per heavy atom. The van der Waals surface area contributed by atoms with Gasteiger partial charge in [0.05, 0.1) is 11.8 Å². The molecule has 140 valence electrons. The van der Waals surface area contributed by atoms with Gasteiger partial charge < -0.3 is 5.11 Å². The van der Waals surface area contributed by atoms with Crippen LogP contribution in [-0.4, -0.2) is 24.2 Å². The first kappa shape index (κ1) is 16.8. The van der Waals surface area contributed by atoms with Gasteiger partial charge in [-0.3, -0.25) is 9.27 Å². The van der Waals surface area contributed by atoms with Crippen LogP contribution in [0, 0.1) is 16.2 Å². The minimum absolute atomic E-state index is 0.00938. The molecule has 0 saturated heterocycles. The summed E-state index contributed by atoms with van der Waals surface area (Å²) in [6.07, 6.45) is 5.72. The average molecular weight is 375 g/mol. The van der Waals surface area contributed by atoms with Crippen molar-refractivity contribution < 1.29 is 18.1 Å². The van der Waals surface area contributed by atoms with Crippen LogP contribution in [0.2, 0.25) is 0 Å². The average Bonchev–Trinajstić information content (AvgIpc) is 3.10. The third-order valence-corrected chi connectivity index (χ3v) is 8.50. The van der Waals surface area contributed by atoms with Crippen molar-refractivity contribution in [1.82, 2.24) is 0 Å². The van der Waals surface area contributed by atoms with E-state index in [1.807, 2.05) is 12.1 Å². The second-order valence-electron chi connectivity index (χ2n) is 9.19. The van der Waals surface area contributed by atoms with E-state index in [1.54, 1.807) is 11.6 Å². The molecule has 2 fully saturated rings. The van der Waals surface area contributed by atoms with Gasteiger partial charge in [-0.1, -0.05) is 25.5 Å². The lowest BCUT2D eigenvalue weighted by atomic mass is 9.58. The summed E-state index contributed by atoms with van der Waals surface area (Å²) in [4.78, 5) is 0. The smallest absolute Gasteiger partial charge is 0.357 e. The minimum atomic E-state index is -4.25. The van der Waals surface area contributed by atoms with Crippen LogP contribution in [0.3, 0.4) is 0 Å². The van der Waals surface area contributed by atoms with Gasteiger partial charge >= 0.3 is 10.3 Å². The fourth-order valence-electron chi connectivity index (χ4n) is 6.83. The number of nitrogens with one attached hydrogen (secondary N) is 1. The molecule has 1 aromatic carbocycles. The number of hydrogen-bond acceptors (Lipinski definition) is 3. The number of rotatable bonds is 2. The number of aryl methyl sites for hydroxylation is 1. The number of aliphatic hydroxyl groups is 1. The highest BCUT2D eigenvalue weighted by Crippen LogP contribution is 2.86. The molecule has 1 aromatic rings. The highest BCUT2D eigenvalue weighted by molar-refractivity contribution is 7.87. The van der Waals surface area contributed by atoms with Crippen LogP contribution in [0.4, 0.5) is 5.69 Å². The second-order valence-corrected chi connectivity index (χ2v) is 10.3. The Bertz CT molecular complexity index is 968. The summed E-state index contributed by atoms with van der Waals surface area (Å²) >= 11 is 0. The van der Waals surface area contributed by atoms with Gasteiger partial charge in [0, 0.05) is 10.8 Å². The molecule has 4 aliphatic rings. The van der Waals surface area contributed by atoms with E-state index in [0.717, 1.165) is 37.7 Å². The van der Waals surface area contributed by atoms with Crippen molar-refractivity contribution >= 4 is 21.6 Å². The van der Waals surface area contributed by atoms with Gasteiger partial charge in [-0.15, -0.1) is 0 Å². The van der Waals surface area contributed by atoms with Crippen molar-refractivity contribution in [1.29, 1.82) is 0 Å². The summed E-state index contributed by atoms with van der Waals surface area (Å²) in [5, 5.41) is 10.8. The Morgan fingerprint density at radius 1 is 1.19 bits per heavy atom. The zero-order valence-electron chi connectivity index (χ0n) is 15.2. The largest absolute Gasteiger partial charge is 0.393 e. The quantitative estimate of drug-likeness (QED) is 0.690. The van der Waals surface area contributed by atoms with Crippen LogP contribution in [0.25, 0.3) is 5.57 Å². The standard InChI is InChI=1S/C20H25NO4S/c1-18-10-17(22)19(2)8-7-15-14-5-4-13(21-26(23,24)25)9-12(14)3-6-16(15)20(18,19)11-18/h4-5,9,17,21-22H,3,6-8,10-11H2,1-2H3,(H,23,24,25)/t17-,18-,19-,20-/m1/s1. The summed E-state index contributed by atoms with van der Waals surface area (Å²) in [5.41, 5.74) is 6.10. The van der Waals surface area contributed by atoms with Gasteiger partial charge in [-0.2, -0.15) is 8.42 Å². The van der Waals surface area contributed by atoms with Crippen molar-refractivity contribution in [3.63, 3.8) is 0 Å². The summed E-state index contributed by atoms with van der Waals surface area (Å²) in [6, 6.07) is 5.55. The molecule has 5 nitrogen and oxygen atoms in total. The molecular formula is C20H25NO4S. The van der Waals surface area contributed by atoms with Crippen molar-refractivity contribution in [3.8, 4) is 0 Å². The molecule has 0 bridgehead atoms. The normalized spacial score (nSPS) is 40.4. The van der Waals surface area contributed by atoms with Gasteiger partial charge in [-0.05, 0) is 72.8 Å². The van der Waals surface area contributed by atoms with Gasteiger partial charge in [0.1, 0.15) is 0 Å². The highest BCUT2D eigenvalue weighted by atomic mass is 32.2. The highest BCUT2D eigenvalue weighted by Gasteiger charge is 2.80. The van der Waals surface area contributed by atoms with Crippen LogP contribution < -0.4 is 4.72 Å². The predicted octanol–water partition coefficient (Wildman–Crippen LogP) is 3.56. The van der Waals surface area contributed by atoms with Crippen LogP contribution in [0.1, 0.15) is 57.1 Å². The SMILES string of the molecule is C[C@]12C[C@@H](O)[C@@]3(C)CCC4=C(CCc5cc(NS(=O)(=O)O)ccc54)[C@]13C2. The van der Waals surface area contributed by atoms with Crippen LogP contribution in [0.15, 0.2) is 23.8 Å². The van der Waals surface area contributed by atoms with E-state index in [0.29, 0.717) is 5.69 Å². The molecule has 3 N–H and O–H groups in total. The van der Waals surface area contributed by atoms with E-state index in [4.69, 9.17) is 4.55 Å². The van der Waals surface area contributed by atoms with Crippen molar-refractivity contribution in [3.05, 3.63) is 34.9 Å². The molecule has 0 aromatic heterocycles. The molecule has 26 heavy (non-hydrogen) atoms. The van der Waals surface area contributed by atoms with Gasteiger partial charge in [0.25, 0.3) is 0 Å². The molecule has 5 rings (SSSR count). The zero-order chi connectivity index (χ0) is 18.5. The lowest BCUT2D eigenvalue weighted by Crippen LogP contribution is -2.41. The van der Waals surface area contributed by atoms with E-state index in [1.165, 1.54) is 17.6 Å². The summed E-state index contributed by atoms with van der Waals surface area (Å²) in [5.74, 6) is 0. The first-order chi connectivity index (χ1) is 12.1. The lowest BCUT2D eigenvalue weighted by molar-refractivity contribution is 0.0114. The Hall–Kier alpha value is -1.37. The second kappa shape index (κ2) is 4.72. The summed E-state index contributed by atoms with van der Waals surface area (Å²) in [7, 11) is -4.25. The molecule has 1 spiro atoms. The number of allylic oxidation sites excluding steroid dienone is 2. The van der Waals surface area contributed by atoms with Gasteiger partial charge in [-0.25, -0.2) is 0 Å². The Labute approximate surface area is 154 Å². The van der Waals surface area contributed by atoms with Crippen LogP contribution in [0.5, 0.6) is 0 Å². The lowest BCUT2D eigenvalue weighted by Gasteiger charge is -2.47. The van der Waals surface area contributed by atoms with Crippen LogP contribution in [-0.2, 0) is 16.7 Å². The fraction of sp³-hybridized carbons (Fsp3) is 0.600. The zero-order valence-corrected chi connectivity index (χ0v) is 16.0. The topological polar surface area (TPSA) is 86.6 Å². The van der Waals surface area contributed by atoms with Crippen molar-refractivity contribution in [2.24, 2.45) is 16.2 Å². The maximum Gasteiger partial charge on any atom is 0.357 e. The van der Waals surface area contributed by atoms with E-state index in [-0.39, 0.29) is 22.3 Å². The first-order valence-electron chi connectivity index (χ1n) is 9.39. The molecule has 4 aliphatic carbocycles. The molecule has 0 unspecified atom stereocenters. The molecule has 0 radical (unpaired) electrons. The third kappa shape index (κ3) is 1.90. The number of benzene rings is 1. The monoisotopic (exact) mass is 375 g/mol. The summed E-state index contributed by atoms with van der Waals surface area (Å²) in [6.45, 7) is 4.63. The Balaban J connectivity index is 1.60. The van der Waals surface area contributed by atoms with Gasteiger partial charge in [0.2, 0.25) is 0 Å². The fourth-order valence-corrected chi connectivity index (χ4v) is 7.26. The molecule has 0 amide bonds. The molecule has 0 aliphatic heterocycles.